The SMILES string of the molecule is CC(NC(=O)[C@@H]1C[C@H](n2nncc2C(C)(C)O)CN1C(=O)/C(CC1CCCCC1)=N/C(=O)c1ccc2[nH]ccc2c1)C(=O)C(N)=O. The number of aliphatic imine (C=N–C) groups is 1. The molecule has 1 aliphatic carbocycles. The first-order valence-corrected chi connectivity index (χ1v) is 15.6. The van der Waals surface area contributed by atoms with Gasteiger partial charge in [0.15, 0.2) is 0 Å². The van der Waals surface area contributed by atoms with E-state index in [2.05, 4.69) is 25.6 Å². The van der Waals surface area contributed by atoms with Crippen LogP contribution < -0.4 is 11.1 Å². The fourth-order valence-electron chi connectivity index (χ4n) is 6.39. The molecule has 2 aliphatic rings. The van der Waals surface area contributed by atoms with Gasteiger partial charge in [-0.3, -0.25) is 24.0 Å². The minimum atomic E-state index is -1.32. The van der Waals surface area contributed by atoms with E-state index in [4.69, 9.17) is 5.73 Å². The number of nitrogens with two attached hydrogens (primary N) is 1. The van der Waals surface area contributed by atoms with Gasteiger partial charge in [-0.2, -0.15) is 0 Å². The number of aromatic nitrogens is 4. The highest BCUT2D eigenvalue weighted by molar-refractivity contribution is 6.41. The summed E-state index contributed by atoms with van der Waals surface area (Å²) in [6.45, 7) is 4.48. The summed E-state index contributed by atoms with van der Waals surface area (Å²) in [4.78, 5) is 74.0. The molecule has 3 atom stereocenters. The molecule has 1 unspecified atom stereocenters. The van der Waals surface area contributed by atoms with Crippen molar-refractivity contribution in [1.82, 2.24) is 30.2 Å². The van der Waals surface area contributed by atoms with Crippen LogP contribution in [0.15, 0.2) is 41.7 Å². The summed E-state index contributed by atoms with van der Waals surface area (Å²) in [7, 11) is 0. The molecule has 1 saturated carbocycles. The Hall–Kier alpha value is -4.72. The fourth-order valence-corrected chi connectivity index (χ4v) is 6.39. The Morgan fingerprint density at radius 2 is 1.89 bits per heavy atom. The number of rotatable bonds is 10. The van der Waals surface area contributed by atoms with Gasteiger partial charge in [0.2, 0.25) is 11.7 Å². The molecule has 5 rings (SSSR count). The fraction of sp³-hybridized carbons (Fsp3) is 0.500. The van der Waals surface area contributed by atoms with Crippen LogP contribution in [0.4, 0.5) is 0 Å². The van der Waals surface area contributed by atoms with Crippen LogP contribution in [0.5, 0.6) is 0 Å². The minimum Gasteiger partial charge on any atom is -0.384 e. The second kappa shape index (κ2) is 13.3. The number of aliphatic hydroxyl groups is 1. The van der Waals surface area contributed by atoms with Crippen LogP contribution in [0.3, 0.4) is 0 Å². The number of amides is 4. The van der Waals surface area contributed by atoms with E-state index in [1.165, 1.54) is 22.7 Å². The number of nitrogens with zero attached hydrogens (tertiary/aromatic N) is 5. The zero-order valence-electron chi connectivity index (χ0n) is 26.2. The van der Waals surface area contributed by atoms with Crippen LogP contribution in [0.25, 0.3) is 10.9 Å². The number of carbonyl (C=O) groups excluding carboxylic acids is 5. The molecule has 46 heavy (non-hydrogen) atoms. The van der Waals surface area contributed by atoms with E-state index < -0.39 is 53.1 Å². The molecule has 0 spiro atoms. The van der Waals surface area contributed by atoms with E-state index in [1.54, 1.807) is 38.2 Å². The van der Waals surface area contributed by atoms with Gasteiger partial charge in [-0.25, -0.2) is 9.67 Å². The highest BCUT2D eigenvalue weighted by atomic mass is 16.3. The summed E-state index contributed by atoms with van der Waals surface area (Å²) >= 11 is 0. The molecular weight excluding hydrogens is 592 g/mol. The highest BCUT2D eigenvalue weighted by Crippen LogP contribution is 2.33. The van der Waals surface area contributed by atoms with Crippen LogP contribution >= 0.6 is 0 Å². The molecular formula is C32H40N8O6. The zero-order valence-corrected chi connectivity index (χ0v) is 26.2. The van der Waals surface area contributed by atoms with Gasteiger partial charge in [-0.1, -0.05) is 37.3 Å². The van der Waals surface area contributed by atoms with Crippen LogP contribution in [0, 0.1) is 5.92 Å². The van der Waals surface area contributed by atoms with Crippen molar-refractivity contribution in [3.8, 4) is 0 Å². The first kappa shape index (κ1) is 32.7. The summed E-state index contributed by atoms with van der Waals surface area (Å²) in [6.07, 6.45) is 8.43. The van der Waals surface area contributed by atoms with E-state index in [0.717, 1.165) is 43.0 Å². The normalized spacial score (nSPS) is 20.1. The number of H-pyrrole nitrogens is 1. The maximum Gasteiger partial charge on any atom is 0.287 e. The van der Waals surface area contributed by atoms with E-state index in [9.17, 15) is 29.1 Å². The van der Waals surface area contributed by atoms with Crippen LogP contribution in [-0.2, 0) is 24.8 Å². The molecule has 2 fully saturated rings. The lowest BCUT2D eigenvalue weighted by Crippen LogP contribution is -2.52. The second-order valence-electron chi connectivity index (χ2n) is 12.8. The smallest absolute Gasteiger partial charge is 0.287 e. The van der Waals surface area contributed by atoms with Crippen molar-refractivity contribution in [3.05, 3.63) is 47.9 Å². The molecule has 4 amide bonds. The summed E-state index contributed by atoms with van der Waals surface area (Å²) in [5.41, 5.74) is 5.44. The molecule has 2 aromatic heterocycles. The van der Waals surface area contributed by atoms with Gasteiger partial charge in [0.25, 0.3) is 17.7 Å². The number of carbonyl (C=O) groups is 5. The molecule has 14 nitrogen and oxygen atoms in total. The van der Waals surface area contributed by atoms with E-state index in [-0.39, 0.29) is 31.0 Å². The number of hydrogen-bond acceptors (Lipinski definition) is 8. The number of fused-ring (bicyclic) bond motifs is 1. The minimum absolute atomic E-state index is 0.00526. The molecule has 1 saturated heterocycles. The second-order valence-corrected chi connectivity index (χ2v) is 12.8. The van der Waals surface area contributed by atoms with Gasteiger partial charge < -0.3 is 26.0 Å². The quantitative estimate of drug-likeness (QED) is 0.191. The van der Waals surface area contributed by atoms with Gasteiger partial charge in [-0.15, -0.1) is 5.10 Å². The lowest BCUT2D eigenvalue weighted by Gasteiger charge is -2.27. The molecule has 5 N–H and O–H groups in total. The third kappa shape index (κ3) is 7.06. The van der Waals surface area contributed by atoms with E-state index >= 15 is 0 Å². The van der Waals surface area contributed by atoms with E-state index in [0.29, 0.717) is 11.3 Å². The van der Waals surface area contributed by atoms with Gasteiger partial charge in [0.1, 0.15) is 17.4 Å². The Morgan fingerprint density at radius 1 is 1.15 bits per heavy atom. The number of benzene rings is 1. The highest BCUT2D eigenvalue weighted by Gasteiger charge is 2.44. The largest absolute Gasteiger partial charge is 0.384 e. The molecule has 0 bridgehead atoms. The average molecular weight is 633 g/mol. The number of ketones is 1. The van der Waals surface area contributed by atoms with Crippen LogP contribution in [-0.4, -0.2) is 83.7 Å². The van der Waals surface area contributed by atoms with Crippen molar-refractivity contribution < 1.29 is 29.1 Å². The number of Topliss-reactive ketones (excluding diaryl/α,β-unsaturated/α-hetero) is 1. The van der Waals surface area contributed by atoms with Crippen molar-refractivity contribution in [2.75, 3.05) is 6.54 Å². The Morgan fingerprint density at radius 3 is 2.59 bits per heavy atom. The molecule has 1 aromatic carbocycles. The summed E-state index contributed by atoms with van der Waals surface area (Å²) in [5.74, 6) is -3.86. The Balaban J connectivity index is 1.50. The molecule has 0 radical (unpaired) electrons. The van der Waals surface area contributed by atoms with Gasteiger partial charge in [0.05, 0.1) is 24.0 Å². The maximum absolute atomic E-state index is 14.4. The topological polar surface area (TPSA) is 206 Å². The Bertz CT molecular complexity index is 1680. The lowest BCUT2D eigenvalue weighted by molar-refractivity contribution is -0.139. The Kier molecular flexibility index (Phi) is 9.47. The standard InChI is InChI=1S/C32H40N8O6/c1-18(27(41)28(33)42)36-30(44)25-15-22(40-26(16-35-38-40)32(2,3)46)17-39(25)31(45)24(13-19-7-5-4-6-8-19)37-29(43)21-9-10-23-20(14-21)11-12-34-23/h9-12,14,16,18-19,22,25,34,46H,4-8,13,15,17H2,1-3H3,(H2,33,42)(H,36,44)/b37-24+/t18?,22-,25-/m0/s1. The van der Waals surface area contributed by atoms with Gasteiger partial charge in [0, 0.05) is 35.6 Å². The molecule has 3 aromatic rings. The van der Waals surface area contributed by atoms with Crippen molar-refractivity contribution in [3.63, 3.8) is 0 Å². The lowest BCUT2D eigenvalue weighted by atomic mass is 9.85. The van der Waals surface area contributed by atoms with Crippen molar-refractivity contribution >= 4 is 46.0 Å². The predicted octanol–water partition coefficient (Wildman–Crippen LogP) is 1.94. The monoisotopic (exact) mass is 632 g/mol. The Labute approximate surface area is 265 Å². The summed E-state index contributed by atoms with van der Waals surface area (Å²) < 4.78 is 1.49. The van der Waals surface area contributed by atoms with Crippen LogP contribution in [0.1, 0.15) is 87.8 Å². The predicted molar refractivity (Wildman–Crippen MR) is 167 cm³/mol. The number of nitrogens with one attached hydrogen (secondary N) is 2. The first-order valence-electron chi connectivity index (χ1n) is 15.6. The summed E-state index contributed by atoms with van der Waals surface area (Å²) in [5, 5.41) is 22.2. The van der Waals surface area contributed by atoms with Crippen molar-refractivity contribution in [2.24, 2.45) is 16.6 Å². The van der Waals surface area contributed by atoms with Gasteiger partial charge >= 0.3 is 0 Å². The molecule has 1 aliphatic heterocycles. The summed E-state index contributed by atoms with van der Waals surface area (Å²) in [6, 6.07) is 4.07. The third-order valence-corrected chi connectivity index (χ3v) is 8.88. The average Bonchev–Trinajstić information content (AvgIpc) is 3.79. The van der Waals surface area contributed by atoms with Gasteiger partial charge in [-0.05, 0) is 57.4 Å². The van der Waals surface area contributed by atoms with Crippen molar-refractivity contribution in [2.45, 2.75) is 89.4 Å². The van der Waals surface area contributed by atoms with Crippen molar-refractivity contribution in [1.29, 1.82) is 0 Å². The molecule has 3 heterocycles. The maximum atomic E-state index is 14.4. The molecule has 244 valence electrons. The number of likely N-dealkylation sites (tertiary alicyclic amines) is 1. The molecule has 14 heteroatoms. The van der Waals surface area contributed by atoms with E-state index in [1.807, 2.05) is 6.07 Å². The number of hydrogen-bond donors (Lipinski definition) is 4. The number of primary amides is 1. The number of aromatic amines is 1. The third-order valence-electron chi connectivity index (χ3n) is 8.88. The first-order chi connectivity index (χ1) is 21.8. The zero-order chi connectivity index (χ0) is 33.2. The van der Waals surface area contributed by atoms with Crippen LogP contribution in [0.2, 0.25) is 0 Å².